The highest BCUT2D eigenvalue weighted by Gasteiger charge is 2.43. The van der Waals surface area contributed by atoms with E-state index in [9.17, 15) is 13.2 Å². The highest BCUT2D eigenvalue weighted by Crippen LogP contribution is 2.50. The molecule has 1 heterocycles. The van der Waals surface area contributed by atoms with Gasteiger partial charge in [0.1, 0.15) is 0 Å². The van der Waals surface area contributed by atoms with Crippen molar-refractivity contribution in [2.75, 3.05) is 7.05 Å². The summed E-state index contributed by atoms with van der Waals surface area (Å²) >= 11 is 0. The average Bonchev–Trinajstić information content (AvgIpc) is 2.70. The van der Waals surface area contributed by atoms with E-state index < -0.39 is 11.7 Å². The van der Waals surface area contributed by atoms with Crippen LogP contribution >= 0.6 is 0 Å². The third-order valence-electron chi connectivity index (χ3n) is 4.55. The zero-order valence-corrected chi connectivity index (χ0v) is 12.1. The first-order valence-electron chi connectivity index (χ1n) is 6.96. The standard InChI is InChI=1S/C15H21F3N2/c1-14(2)7-4-5-12(14)13(19-3)10-9-20-8-6-11(10)15(16,17)18/h6,8-9,12-13,19H,4-5,7H2,1-3H3. The van der Waals surface area contributed by atoms with Gasteiger partial charge in [-0.05, 0) is 42.9 Å². The Labute approximate surface area is 117 Å². The minimum absolute atomic E-state index is 0.0480. The van der Waals surface area contributed by atoms with Crippen molar-refractivity contribution in [2.24, 2.45) is 11.3 Å². The van der Waals surface area contributed by atoms with Crippen molar-refractivity contribution in [2.45, 2.75) is 45.3 Å². The molecule has 1 aliphatic rings. The number of aromatic nitrogens is 1. The maximum atomic E-state index is 13.2. The fourth-order valence-electron chi connectivity index (χ4n) is 3.46. The SMILES string of the molecule is CNC(c1cnccc1C(F)(F)F)C1CCCC1(C)C. The molecule has 1 aromatic rings. The van der Waals surface area contributed by atoms with Gasteiger partial charge < -0.3 is 5.32 Å². The molecule has 20 heavy (non-hydrogen) atoms. The summed E-state index contributed by atoms with van der Waals surface area (Å²) in [6.07, 6.45) is 1.30. The van der Waals surface area contributed by atoms with Gasteiger partial charge >= 0.3 is 6.18 Å². The minimum atomic E-state index is -4.34. The van der Waals surface area contributed by atoms with Crippen LogP contribution in [-0.4, -0.2) is 12.0 Å². The molecule has 0 spiro atoms. The first-order chi connectivity index (χ1) is 9.27. The zero-order chi connectivity index (χ0) is 15.0. The van der Waals surface area contributed by atoms with Gasteiger partial charge in [-0.3, -0.25) is 4.98 Å². The summed E-state index contributed by atoms with van der Waals surface area (Å²) in [5.41, 5.74) is -0.260. The van der Waals surface area contributed by atoms with Gasteiger partial charge in [-0.25, -0.2) is 0 Å². The quantitative estimate of drug-likeness (QED) is 0.901. The molecular weight excluding hydrogens is 265 g/mol. The number of nitrogens with zero attached hydrogens (tertiary/aromatic N) is 1. The van der Waals surface area contributed by atoms with Gasteiger partial charge in [0.2, 0.25) is 0 Å². The smallest absolute Gasteiger partial charge is 0.313 e. The summed E-state index contributed by atoms with van der Waals surface area (Å²) in [5.74, 6) is 0.192. The number of pyridine rings is 1. The second kappa shape index (κ2) is 5.35. The van der Waals surface area contributed by atoms with E-state index in [1.165, 1.54) is 12.4 Å². The summed E-state index contributed by atoms with van der Waals surface area (Å²) in [4.78, 5) is 3.91. The second-order valence-corrected chi connectivity index (χ2v) is 6.21. The molecule has 2 rings (SSSR count). The maximum Gasteiger partial charge on any atom is 0.416 e. The van der Waals surface area contributed by atoms with Gasteiger partial charge in [-0.1, -0.05) is 20.3 Å². The van der Waals surface area contributed by atoms with Gasteiger partial charge in [0.25, 0.3) is 0 Å². The van der Waals surface area contributed by atoms with Crippen molar-refractivity contribution < 1.29 is 13.2 Å². The van der Waals surface area contributed by atoms with E-state index in [4.69, 9.17) is 0 Å². The molecule has 0 amide bonds. The van der Waals surface area contributed by atoms with Crippen LogP contribution in [0.3, 0.4) is 0 Å². The molecular formula is C15H21F3N2. The largest absolute Gasteiger partial charge is 0.416 e. The van der Waals surface area contributed by atoms with E-state index >= 15 is 0 Å². The number of hydrogen-bond donors (Lipinski definition) is 1. The van der Waals surface area contributed by atoms with Crippen LogP contribution in [0.2, 0.25) is 0 Å². The summed E-state index contributed by atoms with van der Waals surface area (Å²) in [6.45, 7) is 4.28. The van der Waals surface area contributed by atoms with Gasteiger partial charge in [0.15, 0.2) is 0 Å². The fourth-order valence-corrected chi connectivity index (χ4v) is 3.46. The molecule has 112 valence electrons. The monoisotopic (exact) mass is 286 g/mol. The van der Waals surface area contributed by atoms with Crippen LogP contribution < -0.4 is 5.32 Å². The highest BCUT2D eigenvalue weighted by molar-refractivity contribution is 5.30. The number of alkyl halides is 3. The maximum absolute atomic E-state index is 13.2. The van der Waals surface area contributed by atoms with Crippen molar-refractivity contribution in [3.63, 3.8) is 0 Å². The number of rotatable bonds is 3. The number of halogens is 3. The zero-order valence-electron chi connectivity index (χ0n) is 12.1. The van der Waals surface area contributed by atoms with Crippen LogP contribution in [0.5, 0.6) is 0 Å². The van der Waals surface area contributed by atoms with E-state index in [2.05, 4.69) is 24.1 Å². The van der Waals surface area contributed by atoms with Crippen LogP contribution in [0.15, 0.2) is 18.5 Å². The molecule has 2 nitrogen and oxygen atoms in total. The van der Waals surface area contributed by atoms with Crippen molar-refractivity contribution in [3.8, 4) is 0 Å². The lowest BCUT2D eigenvalue weighted by Gasteiger charge is -2.35. The molecule has 2 atom stereocenters. The summed E-state index contributed by atoms with van der Waals surface area (Å²) in [7, 11) is 1.73. The lowest BCUT2D eigenvalue weighted by Crippen LogP contribution is -2.33. The molecule has 1 saturated carbocycles. The topological polar surface area (TPSA) is 24.9 Å². The van der Waals surface area contributed by atoms with E-state index in [1.807, 2.05) is 0 Å². The lowest BCUT2D eigenvalue weighted by molar-refractivity contribution is -0.138. The van der Waals surface area contributed by atoms with Crippen molar-refractivity contribution in [1.82, 2.24) is 10.3 Å². The Balaban J connectivity index is 2.43. The Hall–Kier alpha value is -1.10. The Morgan fingerprint density at radius 1 is 1.40 bits per heavy atom. The van der Waals surface area contributed by atoms with Gasteiger partial charge in [0.05, 0.1) is 5.56 Å². The molecule has 1 aromatic heterocycles. The van der Waals surface area contributed by atoms with E-state index in [1.54, 1.807) is 7.05 Å². The molecule has 5 heteroatoms. The molecule has 0 aromatic carbocycles. The first kappa shape index (κ1) is 15.3. The van der Waals surface area contributed by atoms with E-state index in [-0.39, 0.29) is 22.9 Å². The van der Waals surface area contributed by atoms with Crippen molar-refractivity contribution in [3.05, 3.63) is 29.6 Å². The van der Waals surface area contributed by atoms with Crippen molar-refractivity contribution in [1.29, 1.82) is 0 Å². The molecule has 0 saturated heterocycles. The first-order valence-corrected chi connectivity index (χ1v) is 6.96. The normalized spacial score (nSPS) is 23.8. The second-order valence-electron chi connectivity index (χ2n) is 6.21. The van der Waals surface area contributed by atoms with Crippen LogP contribution in [-0.2, 0) is 6.18 Å². The molecule has 1 fully saturated rings. The van der Waals surface area contributed by atoms with Crippen LogP contribution in [0.25, 0.3) is 0 Å². The van der Waals surface area contributed by atoms with Gasteiger partial charge in [-0.15, -0.1) is 0 Å². The Morgan fingerprint density at radius 2 is 2.10 bits per heavy atom. The molecule has 2 unspecified atom stereocenters. The molecule has 0 radical (unpaired) electrons. The van der Waals surface area contributed by atoms with Crippen LogP contribution in [0.1, 0.15) is 50.3 Å². The van der Waals surface area contributed by atoms with Crippen LogP contribution in [0, 0.1) is 11.3 Å². The third-order valence-corrected chi connectivity index (χ3v) is 4.55. The number of nitrogens with one attached hydrogen (secondary N) is 1. The van der Waals surface area contributed by atoms with E-state index in [0.717, 1.165) is 25.3 Å². The molecule has 1 N–H and O–H groups in total. The molecule has 0 bridgehead atoms. The lowest BCUT2D eigenvalue weighted by atomic mass is 9.75. The Morgan fingerprint density at radius 3 is 2.60 bits per heavy atom. The summed E-state index contributed by atoms with van der Waals surface area (Å²) < 4.78 is 39.5. The van der Waals surface area contributed by atoms with Crippen LogP contribution in [0.4, 0.5) is 13.2 Å². The van der Waals surface area contributed by atoms with Gasteiger partial charge in [-0.2, -0.15) is 13.2 Å². The Bertz CT molecular complexity index is 468. The fraction of sp³-hybridized carbons (Fsp3) is 0.667. The third kappa shape index (κ3) is 2.82. The average molecular weight is 286 g/mol. The summed E-state index contributed by atoms with van der Waals surface area (Å²) in [6, 6.07) is 0.763. The predicted octanol–water partition coefficient (Wildman–Crippen LogP) is 4.19. The Kier molecular flexibility index (Phi) is 4.09. The van der Waals surface area contributed by atoms with Crippen molar-refractivity contribution >= 4 is 0 Å². The summed E-state index contributed by atoms with van der Waals surface area (Å²) in [5, 5.41) is 3.09. The molecule has 0 aliphatic heterocycles. The highest BCUT2D eigenvalue weighted by atomic mass is 19.4. The minimum Gasteiger partial charge on any atom is -0.313 e. The number of hydrogen-bond acceptors (Lipinski definition) is 2. The molecule has 1 aliphatic carbocycles. The predicted molar refractivity (Wildman–Crippen MR) is 72.2 cm³/mol. The van der Waals surface area contributed by atoms with Gasteiger partial charge in [0, 0.05) is 18.4 Å². The van der Waals surface area contributed by atoms with E-state index in [0.29, 0.717) is 0 Å².